The third-order valence-electron chi connectivity index (χ3n) is 7.02. The molecule has 7 nitrogen and oxygen atoms in total. The van der Waals surface area contributed by atoms with Gasteiger partial charge < -0.3 is 10.2 Å². The molecule has 2 fully saturated rings. The number of benzene rings is 2. The molecule has 1 saturated heterocycles. The first-order valence-electron chi connectivity index (χ1n) is 12.1. The van der Waals surface area contributed by atoms with E-state index >= 15 is 0 Å². The minimum absolute atomic E-state index is 0.0225. The van der Waals surface area contributed by atoms with Crippen LogP contribution in [0.2, 0.25) is 0 Å². The zero-order chi connectivity index (χ0) is 24.3. The second-order valence-electron chi connectivity index (χ2n) is 9.29. The Labute approximate surface area is 202 Å². The fourth-order valence-corrected chi connectivity index (χ4v) is 6.29. The number of hydrogen-bond donors (Lipinski definition) is 1. The molecule has 34 heavy (non-hydrogen) atoms. The van der Waals surface area contributed by atoms with Crippen LogP contribution in [0.1, 0.15) is 71.2 Å². The lowest BCUT2D eigenvalue weighted by Crippen LogP contribution is -2.38. The van der Waals surface area contributed by atoms with E-state index in [0.29, 0.717) is 16.8 Å². The maximum Gasteiger partial charge on any atom is 0.255 e. The molecule has 2 aromatic carbocycles. The van der Waals surface area contributed by atoms with Gasteiger partial charge in [-0.05, 0) is 68.5 Å². The first-order valence-corrected chi connectivity index (χ1v) is 13.5. The van der Waals surface area contributed by atoms with Crippen LogP contribution in [0.15, 0.2) is 47.4 Å². The third kappa shape index (κ3) is 5.03. The van der Waals surface area contributed by atoms with Gasteiger partial charge in [0.1, 0.15) is 0 Å². The summed E-state index contributed by atoms with van der Waals surface area (Å²) in [7, 11) is -1.98. The summed E-state index contributed by atoms with van der Waals surface area (Å²) in [6.45, 7) is 3.31. The van der Waals surface area contributed by atoms with Gasteiger partial charge in [0.05, 0.1) is 16.1 Å². The van der Waals surface area contributed by atoms with Crippen molar-refractivity contribution in [3.05, 3.63) is 59.2 Å². The summed E-state index contributed by atoms with van der Waals surface area (Å²) in [5.74, 6) is -0.460. The molecule has 0 unspecified atom stereocenters. The summed E-state index contributed by atoms with van der Waals surface area (Å²) in [6, 6.07) is 11.4. The highest BCUT2D eigenvalue weighted by molar-refractivity contribution is 7.89. The normalized spacial score (nSPS) is 17.2. The van der Waals surface area contributed by atoms with Crippen LogP contribution >= 0.6 is 0 Å². The fourth-order valence-electron chi connectivity index (χ4n) is 4.87. The fraction of sp³-hybridized carbons (Fsp3) is 0.462. The molecule has 0 atom stereocenters. The number of hydrogen-bond acceptors (Lipinski definition) is 4. The second-order valence-corrected chi connectivity index (χ2v) is 11.3. The number of carbonyl (C=O) groups is 2. The van der Waals surface area contributed by atoms with Crippen LogP contribution in [0.25, 0.3) is 0 Å². The lowest BCUT2D eigenvalue weighted by molar-refractivity contribution is 0.0793. The zero-order valence-corrected chi connectivity index (χ0v) is 20.7. The number of sulfonamides is 1. The van der Waals surface area contributed by atoms with Crippen molar-refractivity contribution in [3.63, 3.8) is 0 Å². The van der Waals surface area contributed by atoms with E-state index in [1.807, 2.05) is 24.0 Å². The maximum atomic E-state index is 13.1. The molecule has 1 aliphatic carbocycles. The van der Waals surface area contributed by atoms with Gasteiger partial charge in [-0.15, -0.1) is 0 Å². The van der Waals surface area contributed by atoms with Gasteiger partial charge in [0.25, 0.3) is 11.8 Å². The van der Waals surface area contributed by atoms with Crippen molar-refractivity contribution in [3.8, 4) is 0 Å². The van der Waals surface area contributed by atoms with Crippen molar-refractivity contribution in [2.45, 2.75) is 62.8 Å². The molecule has 4 rings (SSSR count). The Morgan fingerprint density at radius 2 is 1.59 bits per heavy atom. The van der Waals surface area contributed by atoms with Crippen LogP contribution in [-0.4, -0.2) is 55.6 Å². The Morgan fingerprint density at radius 3 is 2.24 bits per heavy atom. The molecule has 0 radical (unpaired) electrons. The van der Waals surface area contributed by atoms with E-state index in [4.69, 9.17) is 0 Å². The van der Waals surface area contributed by atoms with Gasteiger partial charge >= 0.3 is 0 Å². The van der Waals surface area contributed by atoms with Gasteiger partial charge in [-0.25, -0.2) is 8.42 Å². The number of rotatable bonds is 6. The standard InChI is InChI=1S/C26H33N3O4S/c1-19-9-8-12-23(26(31)29-17-6-7-18-29)24(19)27-25(30)20-13-15-22(16-14-20)34(32,33)28(2)21-10-4-3-5-11-21/h8-9,12-16,21H,3-7,10-11,17-18H2,1-2H3,(H,27,30). The SMILES string of the molecule is Cc1cccc(C(=O)N2CCCC2)c1NC(=O)c1ccc(S(=O)(=O)N(C)C2CCCCC2)cc1. The maximum absolute atomic E-state index is 13.1. The number of amides is 2. The van der Waals surface area contributed by atoms with Crippen molar-refractivity contribution in [2.75, 3.05) is 25.5 Å². The lowest BCUT2D eigenvalue weighted by atomic mass is 9.96. The molecule has 2 aromatic rings. The molecule has 1 heterocycles. The van der Waals surface area contributed by atoms with Crippen molar-refractivity contribution >= 4 is 27.5 Å². The highest BCUT2D eigenvalue weighted by atomic mass is 32.2. The van der Waals surface area contributed by atoms with E-state index in [-0.39, 0.29) is 22.8 Å². The zero-order valence-electron chi connectivity index (χ0n) is 19.9. The molecular weight excluding hydrogens is 450 g/mol. The average Bonchev–Trinajstić information content (AvgIpc) is 3.40. The minimum atomic E-state index is -3.62. The van der Waals surface area contributed by atoms with Crippen LogP contribution in [0.4, 0.5) is 5.69 Å². The van der Waals surface area contributed by atoms with E-state index in [2.05, 4.69) is 5.32 Å². The van der Waals surface area contributed by atoms with Crippen LogP contribution in [0.3, 0.4) is 0 Å². The molecule has 0 spiro atoms. The number of carbonyl (C=O) groups excluding carboxylic acids is 2. The van der Waals surface area contributed by atoms with E-state index in [9.17, 15) is 18.0 Å². The molecule has 182 valence electrons. The van der Waals surface area contributed by atoms with E-state index in [1.54, 1.807) is 13.1 Å². The molecule has 1 N–H and O–H groups in total. The largest absolute Gasteiger partial charge is 0.339 e. The average molecular weight is 484 g/mol. The summed E-state index contributed by atoms with van der Waals surface area (Å²) in [5.41, 5.74) is 2.11. The molecule has 2 amide bonds. The number of para-hydroxylation sites is 1. The topological polar surface area (TPSA) is 86.8 Å². The predicted octanol–water partition coefficient (Wildman–Crippen LogP) is 4.44. The Kier molecular flexibility index (Phi) is 7.38. The smallest absolute Gasteiger partial charge is 0.255 e. The molecule has 2 aliphatic rings. The van der Waals surface area contributed by atoms with Crippen LogP contribution in [0, 0.1) is 6.92 Å². The van der Waals surface area contributed by atoms with Crippen molar-refractivity contribution in [2.24, 2.45) is 0 Å². The van der Waals surface area contributed by atoms with Gasteiger partial charge in [0, 0.05) is 31.7 Å². The quantitative estimate of drug-likeness (QED) is 0.658. The Hall–Kier alpha value is -2.71. The Morgan fingerprint density at radius 1 is 0.941 bits per heavy atom. The Balaban J connectivity index is 1.51. The second kappa shape index (κ2) is 10.3. The van der Waals surface area contributed by atoms with Crippen molar-refractivity contribution in [1.29, 1.82) is 0 Å². The highest BCUT2D eigenvalue weighted by Gasteiger charge is 2.29. The van der Waals surface area contributed by atoms with Crippen molar-refractivity contribution < 1.29 is 18.0 Å². The number of nitrogens with zero attached hydrogens (tertiary/aromatic N) is 2. The highest BCUT2D eigenvalue weighted by Crippen LogP contribution is 2.27. The van der Waals surface area contributed by atoms with E-state index < -0.39 is 10.0 Å². The van der Waals surface area contributed by atoms with Gasteiger partial charge in [-0.3, -0.25) is 9.59 Å². The summed E-state index contributed by atoms with van der Waals surface area (Å²) in [5, 5.41) is 2.89. The summed E-state index contributed by atoms with van der Waals surface area (Å²) in [6.07, 6.45) is 6.99. The number of nitrogens with one attached hydrogen (secondary N) is 1. The minimum Gasteiger partial charge on any atom is -0.339 e. The summed E-state index contributed by atoms with van der Waals surface area (Å²) in [4.78, 5) is 28.0. The van der Waals surface area contributed by atoms with Crippen molar-refractivity contribution in [1.82, 2.24) is 9.21 Å². The van der Waals surface area contributed by atoms with Crippen LogP contribution < -0.4 is 5.32 Å². The molecular formula is C26H33N3O4S. The molecule has 8 heteroatoms. The first kappa shape index (κ1) is 24.4. The third-order valence-corrected chi connectivity index (χ3v) is 8.94. The number of aryl methyl sites for hydroxylation is 1. The first-order chi connectivity index (χ1) is 16.3. The van der Waals surface area contributed by atoms with E-state index in [0.717, 1.165) is 63.6 Å². The molecule has 1 aliphatic heterocycles. The van der Waals surface area contributed by atoms with E-state index in [1.165, 1.54) is 28.6 Å². The van der Waals surface area contributed by atoms with Gasteiger partial charge in [-0.1, -0.05) is 31.4 Å². The van der Waals surface area contributed by atoms with Gasteiger partial charge in [-0.2, -0.15) is 4.31 Å². The number of likely N-dealkylation sites (tertiary alicyclic amines) is 1. The predicted molar refractivity (Wildman–Crippen MR) is 133 cm³/mol. The molecule has 0 aromatic heterocycles. The summed E-state index contributed by atoms with van der Waals surface area (Å²) >= 11 is 0. The summed E-state index contributed by atoms with van der Waals surface area (Å²) < 4.78 is 27.6. The molecule has 0 bridgehead atoms. The van der Waals surface area contributed by atoms with Crippen LogP contribution in [0.5, 0.6) is 0 Å². The van der Waals surface area contributed by atoms with Crippen LogP contribution in [-0.2, 0) is 10.0 Å². The molecule has 1 saturated carbocycles. The van der Waals surface area contributed by atoms with Gasteiger partial charge in [0.2, 0.25) is 10.0 Å². The van der Waals surface area contributed by atoms with Gasteiger partial charge in [0.15, 0.2) is 0 Å². The monoisotopic (exact) mass is 483 g/mol. The Bertz CT molecular complexity index is 1150. The number of anilines is 1. The lowest BCUT2D eigenvalue weighted by Gasteiger charge is -2.30.